The number of H-pyrrole nitrogens is 2. The van der Waals surface area contributed by atoms with Gasteiger partial charge in [-0.2, -0.15) is 0 Å². The van der Waals surface area contributed by atoms with Crippen LogP contribution in [-0.2, 0) is 0 Å². The Morgan fingerprint density at radius 2 is 1.15 bits per heavy atom. The first-order valence-corrected chi connectivity index (χ1v) is 14.9. The average molecular weight is 537 g/mol. The van der Waals surface area contributed by atoms with E-state index in [2.05, 4.69) is 104 Å². The van der Waals surface area contributed by atoms with Crippen LogP contribution in [0.25, 0.3) is 22.4 Å². The fourth-order valence-corrected chi connectivity index (χ4v) is 5.46. The molecule has 4 aromatic rings. The first-order valence-electron chi connectivity index (χ1n) is 14.9. The van der Waals surface area contributed by atoms with Gasteiger partial charge in [0.2, 0.25) is 0 Å². The maximum absolute atomic E-state index is 4.66. The van der Waals surface area contributed by atoms with Gasteiger partial charge in [0.15, 0.2) is 0 Å². The van der Waals surface area contributed by atoms with Crippen molar-refractivity contribution in [2.75, 3.05) is 27.2 Å². The summed E-state index contributed by atoms with van der Waals surface area (Å²) in [4.78, 5) is 20.9. The molecule has 2 atom stereocenters. The molecular formula is C34H44N6. The summed E-state index contributed by atoms with van der Waals surface area (Å²) in [5.74, 6) is 8.59. The number of imidazole rings is 2. The van der Waals surface area contributed by atoms with Gasteiger partial charge in [0, 0.05) is 5.56 Å². The molecule has 0 amide bonds. The number of hydrogen-bond acceptors (Lipinski definition) is 4. The van der Waals surface area contributed by atoms with Crippen LogP contribution in [0.15, 0.2) is 60.9 Å². The lowest BCUT2D eigenvalue weighted by Gasteiger charge is -2.16. The molecule has 2 aromatic heterocycles. The minimum atomic E-state index is 0.385. The van der Waals surface area contributed by atoms with Gasteiger partial charge in [-0.1, -0.05) is 70.0 Å². The van der Waals surface area contributed by atoms with Crippen molar-refractivity contribution >= 4 is 0 Å². The van der Waals surface area contributed by atoms with Crippen LogP contribution in [0.1, 0.15) is 88.4 Å². The molecular weight excluding hydrogens is 492 g/mol. The van der Waals surface area contributed by atoms with Gasteiger partial charge in [-0.15, -0.1) is 0 Å². The van der Waals surface area contributed by atoms with E-state index in [4.69, 9.17) is 0 Å². The smallest absolute Gasteiger partial charge is 0.124 e. The fraction of sp³-hybridized carbons (Fsp3) is 0.412. The molecule has 2 unspecified atom stereocenters. The van der Waals surface area contributed by atoms with Crippen molar-refractivity contribution in [1.29, 1.82) is 0 Å². The van der Waals surface area contributed by atoms with Gasteiger partial charge in [-0.05, 0) is 87.6 Å². The van der Waals surface area contributed by atoms with Crippen molar-refractivity contribution < 1.29 is 0 Å². The van der Waals surface area contributed by atoms with Crippen molar-refractivity contribution in [2.24, 2.45) is 0 Å². The number of nitrogens with zero attached hydrogens (tertiary/aromatic N) is 4. The average Bonchev–Trinajstić information content (AvgIpc) is 3.82. The highest BCUT2D eigenvalue weighted by Crippen LogP contribution is 2.31. The van der Waals surface area contributed by atoms with Gasteiger partial charge >= 0.3 is 0 Å². The molecule has 0 bridgehead atoms. The quantitative estimate of drug-likeness (QED) is 0.266. The number of aromatic nitrogens is 4. The third kappa shape index (κ3) is 6.72. The molecule has 0 spiro atoms. The first-order chi connectivity index (χ1) is 19.6. The molecule has 2 saturated heterocycles. The highest BCUT2D eigenvalue weighted by atomic mass is 15.2. The summed E-state index contributed by atoms with van der Waals surface area (Å²) < 4.78 is 0. The van der Waals surface area contributed by atoms with Crippen molar-refractivity contribution in [3.63, 3.8) is 0 Å². The van der Waals surface area contributed by atoms with Crippen molar-refractivity contribution in [2.45, 2.75) is 65.5 Å². The Labute approximate surface area is 240 Å². The van der Waals surface area contributed by atoms with Gasteiger partial charge in [0.05, 0.1) is 30.2 Å². The molecule has 6 rings (SSSR count). The van der Waals surface area contributed by atoms with Gasteiger partial charge in [-0.25, -0.2) is 9.97 Å². The van der Waals surface area contributed by atoms with E-state index in [0.717, 1.165) is 53.7 Å². The van der Waals surface area contributed by atoms with Gasteiger partial charge in [0.1, 0.15) is 17.3 Å². The maximum Gasteiger partial charge on any atom is 0.124 e. The lowest BCUT2D eigenvalue weighted by atomic mass is 10.0. The zero-order valence-electron chi connectivity index (χ0n) is 25.0. The van der Waals surface area contributed by atoms with Crippen LogP contribution in [0.2, 0.25) is 0 Å². The molecule has 2 aromatic carbocycles. The molecule has 0 radical (unpaired) electrons. The second-order valence-corrected chi connectivity index (χ2v) is 10.0. The Bertz CT molecular complexity index is 1390. The molecule has 210 valence electrons. The molecule has 2 fully saturated rings. The van der Waals surface area contributed by atoms with E-state index >= 15 is 0 Å². The maximum atomic E-state index is 4.66. The summed E-state index contributed by atoms with van der Waals surface area (Å²) in [6.07, 6.45) is 8.58. The van der Waals surface area contributed by atoms with Crippen molar-refractivity contribution in [3.8, 4) is 34.2 Å². The second-order valence-electron chi connectivity index (χ2n) is 10.0. The van der Waals surface area contributed by atoms with E-state index < -0.39 is 0 Å². The Morgan fingerprint density at radius 3 is 1.70 bits per heavy atom. The van der Waals surface area contributed by atoms with Gasteiger partial charge in [-0.3, -0.25) is 9.80 Å². The predicted octanol–water partition coefficient (Wildman–Crippen LogP) is 7.45. The van der Waals surface area contributed by atoms with Crippen LogP contribution in [0, 0.1) is 11.8 Å². The molecule has 6 heteroatoms. The summed E-state index contributed by atoms with van der Waals surface area (Å²) in [5.41, 5.74) is 6.45. The standard InChI is InChI=1S/C30H32N6.2C2H6/c1-35-17-3-5-27(35)29-31-19-25(33-29)16-9-21-7-10-22(11-8-21)23-12-14-24(15-13-23)26-20-32-30(34-26)28-6-4-18-36(28)2;2*1-2/h7-8,10-15,19-20,27-28H,3-6,17-18H2,1-2H3,(H,31,33)(H,32,34);2*1-2H3. The van der Waals surface area contributed by atoms with Gasteiger partial charge < -0.3 is 9.97 Å². The summed E-state index contributed by atoms with van der Waals surface area (Å²) in [7, 11) is 4.33. The number of hydrogen-bond donors (Lipinski definition) is 2. The van der Waals surface area contributed by atoms with Gasteiger partial charge in [0.25, 0.3) is 0 Å². The van der Waals surface area contributed by atoms with Crippen molar-refractivity contribution in [1.82, 2.24) is 29.7 Å². The van der Waals surface area contributed by atoms with Crippen LogP contribution >= 0.6 is 0 Å². The van der Waals surface area contributed by atoms with Crippen molar-refractivity contribution in [3.05, 3.63) is 83.8 Å². The predicted molar refractivity (Wildman–Crippen MR) is 166 cm³/mol. The Kier molecular flexibility index (Phi) is 10.3. The lowest BCUT2D eigenvalue weighted by Crippen LogP contribution is -2.18. The van der Waals surface area contributed by atoms with Crippen LogP contribution in [0.3, 0.4) is 0 Å². The largest absolute Gasteiger partial charge is 0.341 e. The summed E-state index contributed by atoms with van der Waals surface area (Å²) >= 11 is 0. The normalized spacial score (nSPS) is 18.8. The molecule has 6 nitrogen and oxygen atoms in total. The van der Waals surface area contributed by atoms with E-state index in [1.54, 1.807) is 0 Å². The molecule has 2 aliphatic heterocycles. The molecule has 2 N–H and O–H groups in total. The Balaban J connectivity index is 0.000000886. The molecule has 0 saturated carbocycles. The first kappa shape index (κ1) is 29.3. The third-order valence-electron chi connectivity index (χ3n) is 7.62. The lowest BCUT2D eigenvalue weighted by molar-refractivity contribution is 0.307. The zero-order chi connectivity index (χ0) is 28.5. The molecule has 0 aliphatic carbocycles. The number of aromatic amines is 2. The second kappa shape index (κ2) is 14.1. The highest BCUT2D eigenvalue weighted by Gasteiger charge is 2.25. The highest BCUT2D eigenvalue weighted by molar-refractivity contribution is 5.69. The van der Waals surface area contributed by atoms with E-state index in [1.807, 2.05) is 40.1 Å². The minimum absolute atomic E-state index is 0.385. The third-order valence-corrected chi connectivity index (χ3v) is 7.62. The van der Waals surface area contributed by atoms with E-state index in [9.17, 15) is 0 Å². The Morgan fingerprint density at radius 1 is 0.650 bits per heavy atom. The molecule has 2 aliphatic rings. The SMILES string of the molecule is CC.CC.CN1CCCC1c1ncc(C#Cc2ccc(-c3ccc(-c4cnc(C5CCCN5C)[nH]4)cc3)cc2)[nH]1. The topological polar surface area (TPSA) is 63.8 Å². The van der Waals surface area contributed by atoms with E-state index in [-0.39, 0.29) is 0 Å². The summed E-state index contributed by atoms with van der Waals surface area (Å²) in [6, 6.07) is 17.9. The molecule has 4 heterocycles. The fourth-order valence-electron chi connectivity index (χ4n) is 5.46. The van der Waals surface area contributed by atoms with Crippen LogP contribution in [0.4, 0.5) is 0 Å². The van der Waals surface area contributed by atoms with E-state index in [0.29, 0.717) is 12.1 Å². The molecule has 40 heavy (non-hydrogen) atoms. The van der Waals surface area contributed by atoms with Crippen LogP contribution in [-0.4, -0.2) is 56.9 Å². The summed E-state index contributed by atoms with van der Waals surface area (Å²) in [5, 5.41) is 0. The van der Waals surface area contributed by atoms with Crippen LogP contribution in [0.5, 0.6) is 0 Å². The number of likely N-dealkylation sites (tertiary alicyclic amines) is 2. The monoisotopic (exact) mass is 536 g/mol. The van der Waals surface area contributed by atoms with E-state index in [1.165, 1.54) is 30.4 Å². The van der Waals surface area contributed by atoms with Crippen LogP contribution < -0.4 is 0 Å². The number of rotatable bonds is 4. The minimum Gasteiger partial charge on any atom is -0.341 e. The Hall–Kier alpha value is -3.66. The number of nitrogens with one attached hydrogen (secondary N) is 2. The zero-order valence-corrected chi connectivity index (χ0v) is 25.0. The number of benzene rings is 2. The summed E-state index contributed by atoms with van der Waals surface area (Å²) in [6.45, 7) is 10.3.